The Morgan fingerprint density at radius 3 is 2.52 bits per heavy atom. The van der Waals surface area contributed by atoms with Gasteiger partial charge in [-0.05, 0) is 18.1 Å². The maximum atomic E-state index is 11.2. The highest BCUT2D eigenvalue weighted by Gasteiger charge is 2.50. The highest BCUT2D eigenvalue weighted by atomic mass is 16.8. The van der Waals surface area contributed by atoms with Crippen LogP contribution in [-0.4, -0.2) is 25.4 Å². The summed E-state index contributed by atoms with van der Waals surface area (Å²) in [6.45, 7) is 2.06. The fraction of sp³-hybridized carbons (Fsp3) is 0.353. The Kier molecular flexibility index (Phi) is 4.09. The number of hydrogen-bond acceptors (Lipinski definition) is 5. The van der Waals surface area contributed by atoms with Crippen molar-refractivity contribution >= 4 is 5.69 Å². The van der Waals surface area contributed by atoms with Crippen molar-refractivity contribution in [1.82, 2.24) is 0 Å². The predicted octanol–water partition coefficient (Wildman–Crippen LogP) is 2.94. The fourth-order valence-electron chi connectivity index (χ4n) is 2.97. The third-order valence-corrected chi connectivity index (χ3v) is 4.24. The van der Waals surface area contributed by atoms with Gasteiger partial charge in [-0.3, -0.25) is 0 Å². The summed E-state index contributed by atoms with van der Waals surface area (Å²) in [5.74, 6) is 1.03. The van der Waals surface area contributed by atoms with Crippen LogP contribution in [0.2, 0.25) is 0 Å². The van der Waals surface area contributed by atoms with Crippen molar-refractivity contribution in [3.63, 3.8) is 0 Å². The van der Waals surface area contributed by atoms with Gasteiger partial charge in [0.2, 0.25) is 4.96 Å². The van der Waals surface area contributed by atoms with Gasteiger partial charge >= 0.3 is 6.10 Å². The SMILES string of the molecule is CCC1=CN2[C](C=C1)C(O)C([O+]=O)c1cc(OC)c(OC)cc12. The zero-order chi connectivity index (χ0) is 16.6. The van der Waals surface area contributed by atoms with E-state index >= 15 is 0 Å². The molecule has 6 heteroatoms. The molecule has 3 rings (SSSR count). The Bertz CT molecular complexity index is 682. The molecule has 1 aromatic rings. The lowest BCUT2D eigenvalue weighted by atomic mass is 9.88. The molecule has 0 aromatic heterocycles. The molecule has 1 aromatic carbocycles. The van der Waals surface area contributed by atoms with Gasteiger partial charge in [-0.1, -0.05) is 19.1 Å². The lowest BCUT2D eigenvalue weighted by Crippen LogP contribution is -2.41. The van der Waals surface area contributed by atoms with E-state index in [4.69, 9.17) is 9.47 Å². The molecule has 2 aliphatic rings. The van der Waals surface area contributed by atoms with Gasteiger partial charge in [-0.25, -0.2) is 0 Å². The molecule has 0 spiro atoms. The Balaban J connectivity index is 2.20. The molecule has 1 radical (unpaired) electrons. The van der Waals surface area contributed by atoms with E-state index in [1.54, 1.807) is 19.2 Å². The van der Waals surface area contributed by atoms with Crippen LogP contribution in [0.4, 0.5) is 5.69 Å². The van der Waals surface area contributed by atoms with Crippen molar-refractivity contribution in [2.75, 3.05) is 19.1 Å². The molecular formula is C17H19NO5+. The minimum atomic E-state index is -1.05. The number of anilines is 1. The average Bonchev–Trinajstić information content (AvgIpc) is 2.60. The average molecular weight is 317 g/mol. The summed E-state index contributed by atoms with van der Waals surface area (Å²) >= 11 is 0. The number of fused-ring (bicyclic) bond motifs is 3. The van der Waals surface area contributed by atoms with Crippen LogP contribution >= 0.6 is 0 Å². The van der Waals surface area contributed by atoms with Crippen molar-refractivity contribution in [3.8, 4) is 11.5 Å². The van der Waals surface area contributed by atoms with Crippen LogP contribution in [0, 0.1) is 15.6 Å². The second-order valence-electron chi connectivity index (χ2n) is 5.41. The van der Waals surface area contributed by atoms with E-state index in [0.717, 1.165) is 17.7 Å². The molecular weight excluding hydrogens is 298 g/mol. The first-order chi connectivity index (χ1) is 11.1. The third kappa shape index (κ3) is 2.39. The second-order valence-corrected chi connectivity index (χ2v) is 5.41. The number of nitrogens with zero attached hydrogens (tertiary/aromatic N) is 1. The predicted molar refractivity (Wildman–Crippen MR) is 88.3 cm³/mol. The van der Waals surface area contributed by atoms with Gasteiger partial charge in [-0.15, -0.1) is 0 Å². The smallest absolute Gasteiger partial charge is 0.405 e. The van der Waals surface area contributed by atoms with Crippen molar-refractivity contribution in [2.24, 2.45) is 0 Å². The van der Waals surface area contributed by atoms with Gasteiger partial charge in [0.1, 0.15) is 6.04 Å². The van der Waals surface area contributed by atoms with Gasteiger partial charge in [0, 0.05) is 16.9 Å². The summed E-state index contributed by atoms with van der Waals surface area (Å²) in [6.07, 6.45) is 4.50. The molecule has 23 heavy (non-hydrogen) atoms. The van der Waals surface area contributed by atoms with Gasteiger partial charge in [0.05, 0.1) is 25.5 Å². The number of hydrogen-bond donors (Lipinski definition) is 1. The van der Waals surface area contributed by atoms with Gasteiger partial charge in [0.25, 0.3) is 0 Å². The summed E-state index contributed by atoms with van der Waals surface area (Å²) in [5, 5.41) is 10.5. The minimum Gasteiger partial charge on any atom is -0.493 e. The zero-order valence-electron chi connectivity index (χ0n) is 13.3. The lowest BCUT2D eigenvalue weighted by Gasteiger charge is -2.38. The number of benzene rings is 1. The highest BCUT2D eigenvalue weighted by molar-refractivity contribution is 5.72. The van der Waals surface area contributed by atoms with E-state index < -0.39 is 12.2 Å². The molecule has 0 aliphatic carbocycles. The number of allylic oxidation sites excluding steroid dienone is 2. The van der Waals surface area contributed by atoms with Crippen LogP contribution in [0.15, 0.2) is 36.1 Å². The highest BCUT2D eigenvalue weighted by Crippen LogP contribution is 2.48. The molecule has 2 aliphatic heterocycles. The molecule has 0 amide bonds. The number of rotatable bonds is 4. The zero-order valence-corrected chi connectivity index (χ0v) is 13.3. The fourth-order valence-corrected chi connectivity index (χ4v) is 2.97. The minimum absolute atomic E-state index is 0.483. The number of ether oxygens (including phenoxy) is 2. The topological polar surface area (TPSA) is 70.3 Å². The van der Waals surface area contributed by atoms with Crippen molar-refractivity contribution < 1.29 is 14.6 Å². The molecule has 2 atom stereocenters. The van der Waals surface area contributed by atoms with Crippen molar-refractivity contribution in [1.29, 1.82) is 0 Å². The normalized spacial score (nSPS) is 23.0. The Morgan fingerprint density at radius 1 is 1.22 bits per heavy atom. The van der Waals surface area contributed by atoms with E-state index in [2.05, 4.69) is 11.5 Å². The number of aliphatic hydroxyl groups is 1. The molecule has 121 valence electrons. The van der Waals surface area contributed by atoms with E-state index in [-0.39, 0.29) is 0 Å². The Labute approximate surface area is 134 Å². The summed E-state index contributed by atoms with van der Waals surface area (Å²) < 4.78 is 14.9. The molecule has 1 N–H and O–H groups in total. The maximum Gasteiger partial charge on any atom is 0.405 e. The van der Waals surface area contributed by atoms with Crippen LogP contribution in [0.25, 0.3) is 0 Å². The van der Waals surface area contributed by atoms with E-state index in [9.17, 15) is 10.1 Å². The monoisotopic (exact) mass is 317 g/mol. The van der Waals surface area contributed by atoms with Crippen LogP contribution in [0.5, 0.6) is 11.5 Å². The second kappa shape index (κ2) is 6.04. The van der Waals surface area contributed by atoms with Crippen molar-refractivity contribution in [3.05, 3.63) is 57.2 Å². The standard InChI is InChI=1S/C17H19NO5/c1-4-10-5-6-12-16(19)17(23-20)11-7-14(21-2)15(22-3)8-13(11)18(12)9-10/h5-9,16-17,19H,4H2,1-3H3/q+1. The first kappa shape index (κ1) is 15.6. The number of aliphatic hydroxyl groups excluding tert-OH is 1. The van der Waals surface area contributed by atoms with Crippen LogP contribution in [-0.2, 0) is 0 Å². The van der Waals surface area contributed by atoms with Crippen molar-refractivity contribution in [2.45, 2.75) is 25.6 Å². The quantitative estimate of drug-likeness (QED) is 0.865. The molecule has 2 unspecified atom stereocenters. The number of methoxy groups -OCH3 is 2. The largest absolute Gasteiger partial charge is 0.493 e. The van der Waals surface area contributed by atoms with Gasteiger partial charge < -0.3 is 19.5 Å². The summed E-state index contributed by atoms with van der Waals surface area (Å²) in [7, 11) is 3.07. The maximum absolute atomic E-state index is 11.2. The first-order valence-corrected chi connectivity index (χ1v) is 7.42. The summed E-state index contributed by atoms with van der Waals surface area (Å²) in [5.41, 5.74) is 2.41. The summed E-state index contributed by atoms with van der Waals surface area (Å²) in [6, 6.07) is 4.06. The molecule has 0 saturated heterocycles. The summed E-state index contributed by atoms with van der Waals surface area (Å²) in [4.78, 5) is 13.1. The van der Waals surface area contributed by atoms with Crippen LogP contribution in [0.1, 0.15) is 25.0 Å². The lowest BCUT2D eigenvalue weighted by molar-refractivity contribution is 0.169. The molecule has 0 saturated carbocycles. The Morgan fingerprint density at radius 2 is 1.91 bits per heavy atom. The van der Waals surface area contributed by atoms with Gasteiger partial charge in [0.15, 0.2) is 17.6 Å². The first-order valence-electron chi connectivity index (χ1n) is 7.42. The van der Waals surface area contributed by atoms with E-state index in [0.29, 0.717) is 23.1 Å². The van der Waals surface area contributed by atoms with Crippen LogP contribution in [0.3, 0.4) is 0 Å². The van der Waals surface area contributed by atoms with Crippen LogP contribution < -0.4 is 14.4 Å². The Hall–Kier alpha value is -2.34. The van der Waals surface area contributed by atoms with Gasteiger partial charge in [-0.2, -0.15) is 0 Å². The third-order valence-electron chi connectivity index (χ3n) is 4.24. The van der Waals surface area contributed by atoms with E-state index in [1.165, 1.54) is 7.11 Å². The molecule has 2 heterocycles. The molecule has 6 nitrogen and oxygen atoms in total. The van der Waals surface area contributed by atoms with E-state index in [1.807, 2.05) is 23.3 Å². The molecule has 0 fully saturated rings. The molecule has 0 bridgehead atoms.